The summed E-state index contributed by atoms with van der Waals surface area (Å²) in [5, 5.41) is 11.4. The van der Waals surface area contributed by atoms with Crippen LogP contribution in [0.25, 0.3) is 11.1 Å². The number of amidine groups is 1. The lowest BCUT2D eigenvalue weighted by molar-refractivity contribution is -0.135. The molecule has 0 spiro atoms. The van der Waals surface area contributed by atoms with Crippen molar-refractivity contribution >= 4 is 38.6 Å². The third kappa shape index (κ3) is 1.92. The molecule has 1 aliphatic rings. The first-order valence-electron chi connectivity index (χ1n) is 5.59. The van der Waals surface area contributed by atoms with E-state index in [0.717, 1.165) is 0 Å². The molecule has 0 aliphatic carbocycles. The summed E-state index contributed by atoms with van der Waals surface area (Å²) in [5.41, 5.74) is 0.770. The van der Waals surface area contributed by atoms with E-state index in [0.29, 0.717) is 11.5 Å². The van der Waals surface area contributed by atoms with Gasteiger partial charge in [0.25, 0.3) is 10.0 Å². The molecule has 9 heteroatoms. The van der Waals surface area contributed by atoms with Crippen molar-refractivity contribution in [3.63, 3.8) is 0 Å². The largest absolute Gasteiger partial charge is 0.481 e. The molecule has 1 aromatic carbocycles. The van der Waals surface area contributed by atoms with Crippen LogP contribution < -0.4 is 5.32 Å². The van der Waals surface area contributed by atoms with Crippen LogP contribution in [-0.2, 0) is 14.8 Å². The molecule has 20 heavy (non-hydrogen) atoms. The number of fused-ring (bicyclic) bond motifs is 3. The highest BCUT2D eigenvalue weighted by Crippen LogP contribution is 2.34. The van der Waals surface area contributed by atoms with Gasteiger partial charge in [-0.2, -0.15) is 8.42 Å². The first kappa shape index (κ1) is 12.6. The molecule has 8 nitrogen and oxygen atoms in total. The average Bonchev–Trinajstić information content (AvgIpc) is 2.66. The molecule has 0 radical (unpaired) electrons. The highest BCUT2D eigenvalue weighted by atomic mass is 32.2. The van der Waals surface area contributed by atoms with Gasteiger partial charge in [-0.25, -0.2) is 4.98 Å². The molecule has 0 saturated heterocycles. The molecule has 3 rings (SSSR count). The van der Waals surface area contributed by atoms with Gasteiger partial charge in [-0.1, -0.05) is 0 Å². The molecular weight excluding hydrogens is 286 g/mol. The van der Waals surface area contributed by atoms with Gasteiger partial charge in [0, 0.05) is 6.92 Å². The van der Waals surface area contributed by atoms with Crippen LogP contribution in [0, 0.1) is 6.92 Å². The van der Waals surface area contributed by atoms with Crippen LogP contribution in [-0.4, -0.2) is 30.3 Å². The van der Waals surface area contributed by atoms with Crippen molar-refractivity contribution < 1.29 is 22.7 Å². The standard InChI is InChI=1S/C11H9N3O5S/c1-5-12-10-7(19-5)3-2-6-11(10)20(17,18)14-8(13-6)4-9(15)16/h2-3H,4H2,1H3,(H,13,14)(H,15,16). The number of nitrogens with one attached hydrogen (secondary N) is 1. The fourth-order valence-corrected chi connectivity index (χ4v) is 3.31. The Morgan fingerprint density at radius 2 is 2.20 bits per heavy atom. The number of carbonyl (C=O) groups is 1. The van der Waals surface area contributed by atoms with Gasteiger partial charge in [0.05, 0.1) is 5.69 Å². The molecule has 2 N–H and O–H groups in total. The van der Waals surface area contributed by atoms with Gasteiger partial charge >= 0.3 is 5.97 Å². The topological polar surface area (TPSA) is 122 Å². The summed E-state index contributed by atoms with van der Waals surface area (Å²) in [6, 6.07) is 3.07. The van der Waals surface area contributed by atoms with Crippen LogP contribution in [0.4, 0.5) is 5.69 Å². The maximum Gasteiger partial charge on any atom is 0.311 e. The van der Waals surface area contributed by atoms with E-state index in [9.17, 15) is 13.2 Å². The van der Waals surface area contributed by atoms with Crippen molar-refractivity contribution in [3.8, 4) is 0 Å². The highest BCUT2D eigenvalue weighted by Gasteiger charge is 2.30. The SMILES string of the molecule is Cc1nc2c3c(ccc2o1)NC(CC(=O)O)=NS3(=O)=O. The number of nitrogens with zero attached hydrogens (tertiary/aromatic N) is 2. The molecular formula is C11H9N3O5S. The second-order valence-corrected chi connectivity index (χ2v) is 5.77. The van der Waals surface area contributed by atoms with Crippen molar-refractivity contribution in [3.05, 3.63) is 18.0 Å². The predicted molar refractivity (Wildman–Crippen MR) is 69.2 cm³/mol. The molecule has 0 saturated carbocycles. The molecule has 2 aromatic rings. The second-order valence-electron chi connectivity index (χ2n) is 4.23. The molecule has 0 amide bonds. The Hall–Kier alpha value is -2.42. The van der Waals surface area contributed by atoms with Crippen LogP contribution in [0.15, 0.2) is 25.8 Å². The molecule has 1 aliphatic heterocycles. The summed E-state index contributed by atoms with van der Waals surface area (Å²) in [7, 11) is -4.01. The van der Waals surface area contributed by atoms with Crippen molar-refractivity contribution in [2.24, 2.45) is 4.40 Å². The van der Waals surface area contributed by atoms with Crippen molar-refractivity contribution in [2.45, 2.75) is 18.2 Å². The molecule has 104 valence electrons. The minimum atomic E-state index is -4.01. The van der Waals surface area contributed by atoms with Gasteiger partial charge in [-0.3, -0.25) is 4.79 Å². The maximum absolute atomic E-state index is 12.2. The summed E-state index contributed by atoms with van der Waals surface area (Å²) in [5.74, 6) is -0.971. The van der Waals surface area contributed by atoms with E-state index in [2.05, 4.69) is 14.7 Å². The van der Waals surface area contributed by atoms with Crippen LogP contribution >= 0.6 is 0 Å². The Morgan fingerprint density at radius 1 is 1.45 bits per heavy atom. The number of aryl methyl sites for hydroxylation is 1. The van der Waals surface area contributed by atoms with Gasteiger partial charge < -0.3 is 14.8 Å². The molecule has 0 atom stereocenters. The van der Waals surface area contributed by atoms with E-state index >= 15 is 0 Å². The number of sulfonamides is 1. The molecule has 0 bridgehead atoms. The van der Waals surface area contributed by atoms with Gasteiger partial charge in [0.2, 0.25) is 0 Å². The summed E-state index contributed by atoms with van der Waals surface area (Å²) in [6.07, 6.45) is -0.505. The molecule has 0 fully saturated rings. The number of hydrogen-bond donors (Lipinski definition) is 2. The van der Waals surface area contributed by atoms with E-state index in [4.69, 9.17) is 9.52 Å². The third-order valence-corrected chi connectivity index (χ3v) is 4.10. The van der Waals surface area contributed by atoms with Gasteiger partial charge in [-0.15, -0.1) is 4.40 Å². The van der Waals surface area contributed by atoms with Crippen molar-refractivity contribution in [1.82, 2.24) is 4.98 Å². The Bertz CT molecular complexity index is 866. The monoisotopic (exact) mass is 295 g/mol. The van der Waals surface area contributed by atoms with E-state index in [1.165, 1.54) is 6.07 Å². The smallest absolute Gasteiger partial charge is 0.311 e. The van der Waals surface area contributed by atoms with Gasteiger partial charge in [-0.05, 0) is 12.1 Å². The third-order valence-electron chi connectivity index (χ3n) is 2.71. The van der Waals surface area contributed by atoms with E-state index in [1.54, 1.807) is 13.0 Å². The second kappa shape index (κ2) is 4.04. The minimum absolute atomic E-state index is 0.0963. The zero-order chi connectivity index (χ0) is 14.5. The average molecular weight is 295 g/mol. The first-order chi connectivity index (χ1) is 9.37. The minimum Gasteiger partial charge on any atom is -0.481 e. The highest BCUT2D eigenvalue weighted by molar-refractivity contribution is 7.90. The number of carboxylic acids is 1. The summed E-state index contributed by atoms with van der Waals surface area (Å²) < 4.78 is 33.1. The number of anilines is 1. The fraction of sp³-hybridized carbons (Fsp3) is 0.182. The van der Waals surface area contributed by atoms with Gasteiger partial charge in [0.1, 0.15) is 22.7 Å². The lowest BCUT2D eigenvalue weighted by Crippen LogP contribution is -2.24. The van der Waals surface area contributed by atoms with Crippen molar-refractivity contribution in [2.75, 3.05) is 5.32 Å². The predicted octanol–water partition coefficient (Wildman–Crippen LogP) is 1.12. The maximum atomic E-state index is 12.2. The molecule has 1 aromatic heterocycles. The zero-order valence-electron chi connectivity index (χ0n) is 10.2. The van der Waals surface area contributed by atoms with Gasteiger partial charge in [0.15, 0.2) is 11.5 Å². The van der Waals surface area contributed by atoms with Crippen molar-refractivity contribution in [1.29, 1.82) is 0 Å². The number of rotatable bonds is 2. The van der Waals surface area contributed by atoms with Crippen LogP contribution in [0.3, 0.4) is 0 Å². The lowest BCUT2D eigenvalue weighted by Gasteiger charge is -2.16. The Morgan fingerprint density at radius 3 is 2.90 bits per heavy atom. The van der Waals surface area contributed by atoms with Crippen LogP contribution in [0.1, 0.15) is 12.3 Å². The van der Waals surface area contributed by atoms with Crippen LogP contribution in [0.2, 0.25) is 0 Å². The quantitative estimate of drug-likeness (QED) is 0.851. The summed E-state index contributed by atoms with van der Waals surface area (Å²) in [6.45, 7) is 1.61. The fourth-order valence-electron chi connectivity index (χ4n) is 2.03. The number of carboxylic acid groups (broad SMARTS) is 1. The molecule has 2 heterocycles. The first-order valence-corrected chi connectivity index (χ1v) is 7.03. The number of benzene rings is 1. The Labute approximate surface area is 113 Å². The summed E-state index contributed by atoms with van der Waals surface area (Å²) >= 11 is 0. The Kier molecular flexibility index (Phi) is 2.54. The molecule has 0 unspecified atom stereocenters. The lowest BCUT2D eigenvalue weighted by atomic mass is 10.2. The number of hydrogen-bond acceptors (Lipinski definition) is 6. The van der Waals surface area contributed by atoms with E-state index in [-0.39, 0.29) is 21.9 Å². The Balaban J connectivity index is 2.24. The zero-order valence-corrected chi connectivity index (χ0v) is 11.1. The van der Waals surface area contributed by atoms with E-state index < -0.39 is 22.4 Å². The number of aromatic nitrogens is 1. The number of oxazole rings is 1. The summed E-state index contributed by atoms with van der Waals surface area (Å²) in [4.78, 5) is 14.6. The van der Waals surface area contributed by atoms with E-state index in [1.807, 2.05) is 0 Å². The van der Waals surface area contributed by atoms with Crippen LogP contribution in [0.5, 0.6) is 0 Å². The normalized spacial score (nSPS) is 16.4. The number of aliphatic carboxylic acids is 1.